The van der Waals surface area contributed by atoms with E-state index in [-0.39, 0.29) is 6.54 Å². The van der Waals surface area contributed by atoms with Crippen molar-refractivity contribution < 1.29 is 17.9 Å². The average Bonchev–Trinajstić information content (AvgIpc) is 2.37. The second-order valence-electron chi connectivity index (χ2n) is 5.37. The molecule has 0 saturated carbocycles. The van der Waals surface area contributed by atoms with Crippen LogP contribution in [0.2, 0.25) is 0 Å². The minimum atomic E-state index is -3.28. The summed E-state index contributed by atoms with van der Waals surface area (Å²) in [5.74, 6) is -0.0999. The Labute approximate surface area is 125 Å². The van der Waals surface area contributed by atoms with Crippen molar-refractivity contribution in [3.63, 3.8) is 0 Å². The summed E-state index contributed by atoms with van der Waals surface area (Å²) in [6.07, 6.45) is 1.14. The van der Waals surface area contributed by atoms with Crippen LogP contribution in [-0.2, 0) is 9.84 Å². The Kier molecular flexibility index (Phi) is 5.22. The second-order valence-corrected chi connectivity index (χ2v) is 8.02. The van der Waals surface area contributed by atoms with E-state index in [1.165, 1.54) is 0 Å². The summed E-state index contributed by atoms with van der Waals surface area (Å²) in [5.41, 5.74) is 6.46. The fourth-order valence-electron chi connectivity index (χ4n) is 1.56. The van der Waals surface area contributed by atoms with Gasteiger partial charge in [0.1, 0.15) is 0 Å². The fraction of sp³-hybridized carbons (Fsp3) is 0.500. The number of benzene rings is 1. The zero-order chi connectivity index (χ0) is 16.3. The topological polar surface area (TPSA) is 98.5 Å². The van der Waals surface area contributed by atoms with Gasteiger partial charge < -0.3 is 15.8 Å². The van der Waals surface area contributed by atoms with E-state index >= 15 is 0 Å². The molecule has 0 atom stereocenters. The van der Waals surface area contributed by atoms with Gasteiger partial charge in [0.25, 0.3) is 5.91 Å². The number of nitrogen functional groups attached to an aromatic ring is 1. The third-order valence-corrected chi connectivity index (χ3v) is 5.41. The number of carbonyl (C=O) groups excluding carboxylic acids is 1. The lowest BCUT2D eigenvalue weighted by Gasteiger charge is -2.23. The smallest absolute Gasteiger partial charge is 0.255 e. The van der Waals surface area contributed by atoms with Gasteiger partial charge in [0.05, 0.1) is 22.6 Å². The van der Waals surface area contributed by atoms with E-state index < -0.39 is 20.5 Å². The Balaban J connectivity index is 2.94. The molecule has 1 rings (SSSR count). The number of hydrogen-bond acceptors (Lipinski definition) is 5. The zero-order valence-electron chi connectivity index (χ0n) is 12.8. The first-order valence-electron chi connectivity index (χ1n) is 6.59. The van der Waals surface area contributed by atoms with Crippen LogP contribution in [0.25, 0.3) is 0 Å². The third-order valence-electron chi connectivity index (χ3n) is 3.26. The molecule has 0 aliphatic carbocycles. The van der Waals surface area contributed by atoms with E-state index in [2.05, 4.69) is 5.32 Å². The van der Waals surface area contributed by atoms with Crippen molar-refractivity contribution in [3.05, 3.63) is 23.8 Å². The van der Waals surface area contributed by atoms with Gasteiger partial charge in [-0.25, -0.2) is 8.42 Å². The number of sulfone groups is 1. The van der Waals surface area contributed by atoms with Crippen molar-refractivity contribution in [1.82, 2.24) is 5.32 Å². The quantitative estimate of drug-likeness (QED) is 0.769. The molecule has 1 amide bonds. The molecule has 0 saturated heterocycles. The third kappa shape index (κ3) is 4.10. The molecule has 0 fully saturated rings. The van der Waals surface area contributed by atoms with Crippen molar-refractivity contribution in [2.24, 2.45) is 0 Å². The first kappa shape index (κ1) is 17.3. The van der Waals surface area contributed by atoms with E-state index in [0.29, 0.717) is 23.6 Å². The SMILES string of the molecule is CCOc1c(N)cccc1C(=O)NCC(C)(C)S(C)(=O)=O. The second kappa shape index (κ2) is 6.34. The summed E-state index contributed by atoms with van der Waals surface area (Å²) >= 11 is 0. The maximum absolute atomic E-state index is 12.2. The minimum Gasteiger partial charge on any atom is -0.491 e. The molecule has 7 heteroatoms. The molecule has 0 spiro atoms. The Morgan fingerprint density at radius 1 is 1.38 bits per heavy atom. The molecule has 3 N–H and O–H groups in total. The molecule has 6 nitrogen and oxygen atoms in total. The molecule has 0 heterocycles. The van der Waals surface area contributed by atoms with E-state index in [4.69, 9.17) is 10.5 Å². The number of nitrogens with two attached hydrogens (primary N) is 1. The summed E-state index contributed by atoms with van der Waals surface area (Å²) < 4.78 is 27.6. The highest BCUT2D eigenvalue weighted by Gasteiger charge is 2.31. The Morgan fingerprint density at radius 3 is 2.52 bits per heavy atom. The van der Waals surface area contributed by atoms with Gasteiger partial charge in [0.2, 0.25) is 0 Å². The number of amides is 1. The van der Waals surface area contributed by atoms with Crippen molar-refractivity contribution in [1.29, 1.82) is 0 Å². The molecule has 1 aromatic rings. The van der Waals surface area contributed by atoms with Gasteiger partial charge in [-0.1, -0.05) is 6.07 Å². The minimum absolute atomic E-state index is 0.00499. The van der Waals surface area contributed by atoms with Gasteiger partial charge in [-0.2, -0.15) is 0 Å². The van der Waals surface area contributed by atoms with Gasteiger partial charge in [0, 0.05) is 12.8 Å². The van der Waals surface area contributed by atoms with Crippen LogP contribution in [0.5, 0.6) is 5.75 Å². The molecule has 118 valence electrons. The van der Waals surface area contributed by atoms with Gasteiger partial charge in [-0.05, 0) is 32.9 Å². The van der Waals surface area contributed by atoms with Crippen LogP contribution in [0, 0.1) is 0 Å². The molecule has 0 unspecified atom stereocenters. The summed E-state index contributed by atoms with van der Waals surface area (Å²) in [5, 5.41) is 2.62. The van der Waals surface area contributed by atoms with Gasteiger partial charge in [0.15, 0.2) is 15.6 Å². The van der Waals surface area contributed by atoms with E-state index in [1.54, 1.807) is 39.0 Å². The molecule has 21 heavy (non-hydrogen) atoms. The number of anilines is 1. The number of rotatable bonds is 6. The van der Waals surface area contributed by atoms with Crippen LogP contribution >= 0.6 is 0 Å². The van der Waals surface area contributed by atoms with Crippen LogP contribution in [0.1, 0.15) is 31.1 Å². The van der Waals surface area contributed by atoms with Crippen LogP contribution in [0.3, 0.4) is 0 Å². The largest absolute Gasteiger partial charge is 0.491 e. The highest BCUT2D eigenvalue weighted by molar-refractivity contribution is 7.92. The number of hydrogen-bond donors (Lipinski definition) is 2. The van der Waals surface area contributed by atoms with Gasteiger partial charge in [-0.15, -0.1) is 0 Å². The van der Waals surface area contributed by atoms with E-state index in [0.717, 1.165) is 6.26 Å². The number of carbonyl (C=O) groups is 1. The first-order chi connectivity index (χ1) is 9.60. The summed E-state index contributed by atoms with van der Waals surface area (Å²) in [7, 11) is -3.28. The number of ether oxygens (including phenoxy) is 1. The van der Waals surface area contributed by atoms with Crippen molar-refractivity contribution >= 4 is 21.4 Å². The van der Waals surface area contributed by atoms with Crippen LogP contribution in [-0.4, -0.2) is 38.5 Å². The summed E-state index contributed by atoms with van der Waals surface area (Å²) in [4.78, 5) is 12.2. The van der Waals surface area contributed by atoms with Crippen molar-refractivity contribution in [2.75, 3.05) is 25.1 Å². The van der Waals surface area contributed by atoms with Gasteiger partial charge >= 0.3 is 0 Å². The lowest BCUT2D eigenvalue weighted by molar-refractivity contribution is 0.0947. The maximum Gasteiger partial charge on any atom is 0.255 e. The van der Waals surface area contributed by atoms with Crippen LogP contribution < -0.4 is 15.8 Å². The first-order valence-corrected chi connectivity index (χ1v) is 8.48. The molecular weight excluding hydrogens is 292 g/mol. The Bertz CT molecular complexity index is 624. The summed E-state index contributed by atoms with van der Waals surface area (Å²) in [6.45, 7) is 5.30. The van der Waals surface area contributed by atoms with Gasteiger partial charge in [-0.3, -0.25) is 4.79 Å². The number of nitrogens with one attached hydrogen (secondary N) is 1. The van der Waals surface area contributed by atoms with Crippen LogP contribution in [0.4, 0.5) is 5.69 Å². The Hall–Kier alpha value is -1.76. The average molecular weight is 314 g/mol. The monoisotopic (exact) mass is 314 g/mol. The predicted octanol–water partition coefficient (Wildman–Crippen LogP) is 1.22. The fourth-order valence-corrected chi connectivity index (χ4v) is 1.89. The Morgan fingerprint density at radius 2 is 2.00 bits per heavy atom. The normalized spacial score (nSPS) is 12.0. The van der Waals surface area contributed by atoms with Crippen molar-refractivity contribution in [3.8, 4) is 5.75 Å². The highest BCUT2D eigenvalue weighted by Crippen LogP contribution is 2.26. The predicted molar refractivity (Wildman–Crippen MR) is 83.3 cm³/mol. The molecule has 0 radical (unpaired) electrons. The zero-order valence-corrected chi connectivity index (χ0v) is 13.6. The lowest BCUT2D eigenvalue weighted by Crippen LogP contribution is -2.43. The summed E-state index contributed by atoms with van der Waals surface area (Å²) in [6, 6.07) is 4.88. The van der Waals surface area contributed by atoms with Crippen LogP contribution in [0.15, 0.2) is 18.2 Å². The lowest BCUT2D eigenvalue weighted by atomic mass is 10.1. The molecular formula is C14H22N2O4S. The standard InChI is InChI=1S/C14H22N2O4S/c1-5-20-12-10(7-6-8-11(12)15)13(17)16-9-14(2,3)21(4,18)19/h6-8H,5,9,15H2,1-4H3,(H,16,17). The van der Waals surface area contributed by atoms with E-state index in [9.17, 15) is 13.2 Å². The highest BCUT2D eigenvalue weighted by atomic mass is 32.2. The molecule has 0 aromatic heterocycles. The molecule has 1 aromatic carbocycles. The number of para-hydroxylation sites is 1. The molecule has 0 aliphatic heterocycles. The van der Waals surface area contributed by atoms with E-state index in [1.807, 2.05) is 0 Å². The molecule has 0 bridgehead atoms. The van der Waals surface area contributed by atoms with Crippen molar-refractivity contribution in [2.45, 2.75) is 25.5 Å². The molecule has 0 aliphatic rings. The maximum atomic E-state index is 12.2.